The van der Waals surface area contributed by atoms with E-state index in [-0.39, 0.29) is 31.2 Å². The van der Waals surface area contributed by atoms with Crippen LogP contribution >= 0.6 is 12.4 Å². The molecule has 1 aliphatic heterocycles. The normalized spacial score (nSPS) is 21.2. The van der Waals surface area contributed by atoms with Gasteiger partial charge in [0.2, 0.25) is 0 Å². The zero-order valence-corrected chi connectivity index (χ0v) is 14.0. The Hall–Kier alpha value is -1.20. The molecule has 2 fully saturated rings. The van der Waals surface area contributed by atoms with Crippen molar-refractivity contribution in [1.29, 1.82) is 0 Å². The Morgan fingerprint density at radius 1 is 1.26 bits per heavy atom. The lowest BCUT2D eigenvalue weighted by atomic mass is 9.86. The summed E-state index contributed by atoms with van der Waals surface area (Å²) in [5.74, 6) is -2.37. The molecule has 0 aromatic heterocycles. The highest BCUT2D eigenvalue weighted by Gasteiger charge is 2.45. The molecule has 0 bridgehead atoms. The molecule has 0 unspecified atom stereocenters. The van der Waals surface area contributed by atoms with Crippen LogP contribution in [0.4, 0.5) is 8.78 Å². The van der Waals surface area contributed by atoms with Crippen LogP contribution in [0, 0.1) is 6.92 Å². The predicted molar refractivity (Wildman–Crippen MR) is 88.7 cm³/mol. The summed E-state index contributed by atoms with van der Waals surface area (Å²) in [7, 11) is 0. The van der Waals surface area contributed by atoms with Crippen LogP contribution in [0.5, 0.6) is 0 Å². The fourth-order valence-corrected chi connectivity index (χ4v) is 3.39. The van der Waals surface area contributed by atoms with E-state index >= 15 is 0 Å². The quantitative estimate of drug-likeness (QED) is 0.882. The summed E-state index contributed by atoms with van der Waals surface area (Å²) in [5, 5.41) is 6.05. The molecule has 1 heterocycles. The van der Waals surface area contributed by atoms with Gasteiger partial charge in [0, 0.05) is 24.4 Å². The highest BCUT2D eigenvalue weighted by atomic mass is 35.5. The number of amides is 1. The van der Waals surface area contributed by atoms with Crippen LogP contribution in [0.15, 0.2) is 18.2 Å². The number of carbonyl (C=O) groups excluding carboxylic acids is 1. The van der Waals surface area contributed by atoms with Gasteiger partial charge in [0.15, 0.2) is 0 Å². The third-order valence-electron chi connectivity index (χ3n) is 4.75. The summed E-state index contributed by atoms with van der Waals surface area (Å²) in [6, 6.07) is 5.29. The fourth-order valence-electron chi connectivity index (χ4n) is 3.39. The van der Waals surface area contributed by atoms with Gasteiger partial charge >= 0.3 is 0 Å². The van der Waals surface area contributed by atoms with E-state index in [0.717, 1.165) is 25.9 Å². The van der Waals surface area contributed by atoms with Gasteiger partial charge < -0.3 is 10.6 Å². The molecule has 0 spiro atoms. The lowest BCUT2D eigenvalue weighted by Gasteiger charge is -2.35. The molecular weight excluding hydrogens is 322 g/mol. The number of piperidine rings is 1. The molecule has 1 aromatic carbocycles. The number of aryl methyl sites for hydroxylation is 1. The van der Waals surface area contributed by atoms with E-state index in [9.17, 15) is 13.6 Å². The molecule has 128 valence electrons. The van der Waals surface area contributed by atoms with Gasteiger partial charge in [0.25, 0.3) is 11.8 Å². The Morgan fingerprint density at radius 3 is 2.52 bits per heavy atom. The number of carbonyl (C=O) groups is 1. The minimum atomic E-state index is -2.61. The molecule has 23 heavy (non-hydrogen) atoms. The molecule has 2 aliphatic rings. The lowest BCUT2D eigenvalue weighted by Crippen LogP contribution is -2.50. The Kier molecular flexibility index (Phi) is 5.63. The van der Waals surface area contributed by atoms with Crippen LogP contribution in [-0.2, 0) is 0 Å². The van der Waals surface area contributed by atoms with Crippen molar-refractivity contribution in [2.24, 2.45) is 0 Å². The van der Waals surface area contributed by atoms with E-state index in [4.69, 9.17) is 0 Å². The van der Waals surface area contributed by atoms with Crippen LogP contribution in [-0.4, -0.2) is 31.0 Å². The van der Waals surface area contributed by atoms with E-state index in [0.29, 0.717) is 11.5 Å². The summed E-state index contributed by atoms with van der Waals surface area (Å²) in [6.07, 6.45) is 1.65. The van der Waals surface area contributed by atoms with Gasteiger partial charge in [-0.25, -0.2) is 8.78 Å². The Labute approximate surface area is 141 Å². The molecule has 3 rings (SSSR count). The summed E-state index contributed by atoms with van der Waals surface area (Å²) in [6.45, 7) is 4.06. The van der Waals surface area contributed by atoms with Crippen LogP contribution in [0.1, 0.15) is 53.1 Å². The zero-order chi connectivity index (χ0) is 15.7. The van der Waals surface area contributed by atoms with Gasteiger partial charge in [-0.05, 0) is 62.0 Å². The highest BCUT2D eigenvalue weighted by Crippen LogP contribution is 2.37. The van der Waals surface area contributed by atoms with Crippen LogP contribution in [0.2, 0.25) is 0 Å². The Bertz CT molecular complexity index is 566. The maximum Gasteiger partial charge on any atom is 0.252 e. The molecule has 0 atom stereocenters. The second-order valence-corrected chi connectivity index (χ2v) is 6.53. The van der Waals surface area contributed by atoms with Crippen molar-refractivity contribution in [2.75, 3.05) is 13.1 Å². The highest BCUT2D eigenvalue weighted by molar-refractivity contribution is 5.94. The molecule has 3 nitrogen and oxygen atoms in total. The molecule has 1 aromatic rings. The van der Waals surface area contributed by atoms with Gasteiger partial charge in [-0.3, -0.25) is 4.79 Å². The van der Waals surface area contributed by atoms with Crippen molar-refractivity contribution >= 4 is 18.3 Å². The monoisotopic (exact) mass is 344 g/mol. The van der Waals surface area contributed by atoms with E-state index in [1.54, 1.807) is 6.07 Å². The first-order valence-electron chi connectivity index (χ1n) is 7.94. The van der Waals surface area contributed by atoms with Gasteiger partial charge in [0.1, 0.15) is 0 Å². The van der Waals surface area contributed by atoms with Crippen molar-refractivity contribution in [3.63, 3.8) is 0 Å². The molecule has 6 heteroatoms. The second-order valence-electron chi connectivity index (χ2n) is 6.53. The fraction of sp³-hybridized carbons (Fsp3) is 0.588. The maximum atomic E-state index is 12.8. The van der Waals surface area contributed by atoms with E-state index < -0.39 is 12.0 Å². The summed E-state index contributed by atoms with van der Waals surface area (Å²) in [4.78, 5) is 12.2. The molecule has 2 N–H and O–H groups in total. The first kappa shape index (κ1) is 18.1. The summed E-state index contributed by atoms with van der Waals surface area (Å²) >= 11 is 0. The van der Waals surface area contributed by atoms with Gasteiger partial charge in [-0.15, -0.1) is 12.4 Å². The van der Waals surface area contributed by atoms with Crippen LogP contribution < -0.4 is 10.6 Å². The molecule has 1 saturated carbocycles. The largest absolute Gasteiger partial charge is 0.349 e. The first-order chi connectivity index (χ1) is 10.4. The molecule has 1 amide bonds. The van der Waals surface area contributed by atoms with Gasteiger partial charge in [-0.2, -0.15) is 0 Å². The Morgan fingerprint density at radius 2 is 1.91 bits per heavy atom. The van der Waals surface area contributed by atoms with Gasteiger partial charge in [-0.1, -0.05) is 6.07 Å². The standard InChI is InChI=1S/C17H22F2N2O.ClH/c1-11-2-3-13(8-15(11)12-4-6-20-7-5-12)16(22)21-14-9-17(18,19)10-14;/h2-3,8,12,14,20H,4-7,9-10H2,1H3,(H,21,22);1H. The smallest absolute Gasteiger partial charge is 0.252 e. The van der Waals surface area contributed by atoms with Crippen molar-refractivity contribution in [3.8, 4) is 0 Å². The topological polar surface area (TPSA) is 41.1 Å². The number of hydrogen-bond donors (Lipinski definition) is 2. The minimum Gasteiger partial charge on any atom is -0.349 e. The second kappa shape index (κ2) is 7.14. The number of nitrogens with one attached hydrogen (secondary N) is 2. The van der Waals surface area contributed by atoms with E-state index in [1.165, 1.54) is 11.1 Å². The van der Waals surface area contributed by atoms with Crippen molar-refractivity contribution in [3.05, 3.63) is 34.9 Å². The van der Waals surface area contributed by atoms with Crippen LogP contribution in [0.3, 0.4) is 0 Å². The first-order valence-corrected chi connectivity index (χ1v) is 7.94. The number of benzene rings is 1. The average molecular weight is 345 g/mol. The van der Waals surface area contributed by atoms with Crippen molar-refractivity contribution in [1.82, 2.24) is 10.6 Å². The third kappa shape index (κ3) is 4.21. The minimum absolute atomic E-state index is 0. The Balaban J connectivity index is 0.00000192. The molecular formula is C17H23ClF2N2O. The SMILES string of the molecule is Cc1ccc(C(=O)NC2CC(F)(F)C2)cc1C1CCNCC1.Cl. The van der Waals surface area contributed by atoms with Gasteiger partial charge in [0.05, 0.1) is 0 Å². The van der Waals surface area contributed by atoms with Crippen molar-refractivity contribution < 1.29 is 13.6 Å². The molecule has 1 aliphatic carbocycles. The van der Waals surface area contributed by atoms with Crippen LogP contribution in [0.25, 0.3) is 0 Å². The van der Waals surface area contributed by atoms with E-state index in [2.05, 4.69) is 17.6 Å². The number of hydrogen-bond acceptors (Lipinski definition) is 2. The van der Waals surface area contributed by atoms with E-state index in [1.807, 2.05) is 12.1 Å². The third-order valence-corrected chi connectivity index (χ3v) is 4.75. The summed E-state index contributed by atoms with van der Waals surface area (Å²) in [5.41, 5.74) is 2.99. The predicted octanol–water partition coefficient (Wildman–Crippen LogP) is 3.41. The lowest BCUT2D eigenvalue weighted by molar-refractivity contribution is -0.0901. The molecule has 1 saturated heterocycles. The maximum absolute atomic E-state index is 12.8. The number of rotatable bonds is 3. The number of halogens is 3. The molecule has 0 radical (unpaired) electrons. The van der Waals surface area contributed by atoms with Crippen molar-refractivity contribution in [2.45, 2.75) is 50.5 Å². The zero-order valence-electron chi connectivity index (χ0n) is 13.2. The number of alkyl halides is 2. The average Bonchev–Trinajstić information content (AvgIpc) is 2.46. The summed E-state index contributed by atoms with van der Waals surface area (Å²) < 4.78 is 25.7.